The number of nitrogens with zero attached hydrogens (tertiary/aromatic N) is 5. The average molecular weight is 519 g/mol. The first-order valence-corrected chi connectivity index (χ1v) is 13.9. The Morgan fingerprint density at radius 3 is 2.79 bits per heavy atom. The minimum atomic E-state index is 0.285. The van der Waals surface area contributed by atoms with Gasteiger partial charge in [-0.1, -0.05) is 24.3 Å². The van der Waals surface area contributed by atoms with Gasteiger partial charge in [-0.3, -0.25) is 4.90 Å². The standard InChI is InChI=1S/C29H38N6O3/c1-37-16-15-33-11-4-6-22(33)20-38-29-31-26-19-35(27-18-23(36)17-21-5-2-3-7-24(21)27)12-8-25(26)28(32-29)34-13-9-30-10-14-34/h2-3,5,7,17-18,22,30,36H,4,6,8-16,19-20H2,1H3/t22-/m0/s1. The third-order valence-corrected chi connectivity index (χ3v) is 8.09. The molecular formula is C29H38N6O3. The summed E-state index contributed by atoms with van der Waals surface area (Å²) >= 11 is 0. The highest BCUT2D eigenvalue weighted by molar-refractivity contribution is 5.95. The number of hydrogen-bond acceptors (Lipinski definition) is 9. The molecule has 9 nitrogen and oxygen atoms in total. The van der Waals surface area contributed by atoms with Crippen molar-refractivity contribution in [3.05, 3.63) is 47.7 Å². The molecule has 3 aliphatic rings. The summed E-state index contributed by atoms with van der Waals surface area (Å²) in [5.74, 6) is 1.31. The Morgan fingerprint density at radius 1 is 1.05 bits per heavy atom. The summed E-state index contributed by atoms with van der Waals surface area (Å²) in [6.45, 7) is 8.59. The van der Waals surface area contributed by atoms with Gasteiger partial charge in [-0.2, -0.15) is 9.97 Å². The molecule has 3 aromatic rings. The third-order valence-electron chi connectivity index (χ3n) is 8.09. The zero-order valence-corrected chi connectivity index (χ0v) is 22.2. The number of likely N-dealkylation sites (tertiary alicyclic amines) is 1. The summed E-state index contributed by atoms with van der Waals surface area (Å²) in [4.78, 5) is 17.1. The van der Waals surface area contributed by atoms with Crippen LogP contribution < -0.4 is 19.9 Å². The highest BCUT2D eigenvalue weighted by Crippen LogP contribution is 2.36. The molecule has 0 aliphatic carbocycles. The summed E-state index contributed by atoms with van der Waals surface area (Å²) in [6, 6.07) is 12.8. The summed E-state index contributed by atoms with van der Waals surface area (Å²) in [7, 11) is 1.75. The zero-order chi connectivity index (χ0) is 25.9. The summed E-state index contributed by atoms with van der Waals surface area (Å²) in [6.07, 6.45) is 3.16. The van der Waals surface area contributed by atoms with Crippen LogP contribution in [0.4, 0.5) is 11.5 Å². The number of phenolic OH excluding ortho intramolecular Hbond substituents is 1. The molecule has 1 atom stereocenters. The topological polar surface area (TPSA) is 86.2 Å². The second-order valence-corrected chi connectivity index (χ2v) is 10.5. The Labute approximate surface area is 224 Å². The molecule has 0 amide bonds. The highest BCUT2D eigenvalue weighted by atomic mass is 16.5. The molecule has 2 saturated heterocycles. The van der Waals surface area contributed by atoms with E-state index in [9.17, 15) is 5.11 Å². The minimum Gasteiger partial charge on any atom is -0.508 e. The molecule has 6 rings (SSSR count). The fourth-order valence-electron chi connectivity index (χ4n) is 6.09. The van der Waals surface area contributed by atoms with Crippen LogP contribution in [0.5, 0.6) is 11.8 Å². The fraction of sp³-hybridized carbons (Fsp3) is 0.517. The van der Waals surface area contributed by atoms with Gasteiger partial charge in [0.25, 0.3) is 0 Å². The van der Waals surface area contributed by atoms with Gasteiger partial charge in [0.05, 0.1) is 18.8 Å². The lowest BCUT2D eigenvalue weighted by Gasteiger charge is -2.35. The van der Waals surface area contributed by atoms with E-state index in [1.807, 2.05) is 24.3 Å². The van der Waals surface area contributed by atoms with Crippen LogP contribution in [-0.2, 0) is 17.7 Å². The maximum absolute atomic E-state index is 10.4. The third kappa shape index (κ3) is 5.23. The lowest BCUT2D eigenvalue weighted by Crippen LogP contribution is -2.45. The molecule has 9 heteroatoms. The van der Waals surface area contributed by atoms with Gasteiger partial charge >= 0.3 is 6.01 Å². The van der Waals surface area contributed by atoms with Gasteiger partial charge in [0.2, 0.25) is 0 Å². The molecule has 1 aromatic heterocycles. The molecule has 4 heterocycles. The van der Waals surface area contributed by atoms with E-state index in [-0.39, 0.29) is 5.75 Å². The molecular weight excluding hydrogens is 480 g/mol. The molecule has 0 saturated carbocycles. The van der Waals surface area contributed by atoms with Crippen molar-refractivity contribution in [2.75, 3.05) is 75.9 Å². The van der Waals surface area contributed by atoms with Gasteiger partial charge in [-0.05, 0) is 37.3 Å². The first-order valence-electron chi connectivity index (χ1n) is 13.9. The molecule has 2 N–H and O–H groups in total. The van der Waals surface area contributed by atoms with Crippen LogP contribution in [0.15, 0.2) is 36.4 Å². The van der Waals surface area contributed by atoms with Gasteiger partial charge in [-0.25, -0.2) is 0 Å². The van der Waals surface area contributed by atoms with Gasteiger partial charge in [0.15, 0.2) is 0 Å². The van der Waals surface area contributed by atoms with Crippen molar-refractivity contribution in [1.82, 2.24) is 20.2 Å². The summed E-state index contributed by atoms with van der Waals surface area (Å²) in [5.41, 5.74) is 3.28. The second-order valence-electron chi connectivity index (χ2n) is 10.5. The zero-order valence-electron chi connectivity index (χ0n) is 22.2. The SMILES string of the molecule is COCCN1CCC[C@H]1COc1nc2c(c(N3CCNCC3)n1)CCN(c1cc(O)cc3ccccc13)C2. The molecule has 3 aliphatic heterocycles. The Hall–Kier alpha value is -3.14. The number of aromatic hydroxyl groups is 1. The van der Waals surface area contributed by atoms with E-state index in [1.54, 1.807) is 7.11 Å². The Kier molecular flexibility index (Phi) is 7.49. The highest BCUT2D eigenvalue weighted by Gasteiger charge is 2.29. The van der Waals surface area contributed by atoms with E-state index < -0.39 is 0 Å². The van der Waals surface area contributed by atoms with E-state index >= 15 is 0 Å². The lowest BCUT2D eigenvalue weighted by atomic mass is 10.0. The minimum absolute atomic E-state index is 0.285. The van der Waals surface area contributed by atoms with Crippen molar-refractivity contribution in [3.8, 4) is 11.8 Å². The number of piperazine rings is 1. The van der Waals surface area contributed by atoms with Crippen molar-refractivity contribution in [3.63, 3.8) is 0 Å². The Morgan fingerprint density at radius 2 is 1.92 bits per heavy atom. The van der Waals surface area contributed by atoms with E-state index in [0.29, 0.717) is 25.2 Å². The van der Waals surface area contributed by atoms with Crippen LogP contribution in [0.3, 0.4) is 0 Å². The number of methoxy groups -OCH3 is 1. The second kappa shape index (κ2) is 11.3. The lowest BCUT2D eigenvalue weighted by molar-refractivity contribution is 0.116. The number of benzene rings is 2. The molecule has 0 unspecified atom stereocenters. The normalized spacial score (nSPS) is 20.2. The quantitative estimate of drug-likeness (QED) is 0.468. The molecule has 0 radical (unpaired) electrons. The molecule has 0 bridgehead atoms. The number of phenols is 1. The van der Waals surface area contributed by atoms with Crippen LogP contribution in [0.2, 0.25) is 0 Å². The van der Waals surface area contributed by atoms with Crippen molar-refractivity contribution >= 4 is 22.3 Å². The number of hydrogen-bond donors (Lipinski definition) is 2. The predicted octanol–water partition coefficient (Wildman–Crippen LogP) is 2.80. The van der Waals surface area contributed by atoms with Crippen molar-refractivity contribution < 1.29 is 14.6 Å². The number of rotatable bonds is 8. The number of nitrogens with one attached hydrogen (secondary N) is 1. The molecule has 38 heavy (non-hydrogen) atoms. The van der Waals surface area contributed by atoms with E-state index in [4.69, 9.17) is 19.4 Å². The maximum atomic E-state index is 10.4. The first-order chi connectivity index (χ1) is 18.7. The van der Waals surface area contributed by atoms with Gasteiger partial charge < -0.3 is 29.7 Å². The molecule has 0 spiro atoms. The van der Waals surface area contributed by atoms with Gasteiger partial charge in [-0.15, -0.1) is 0 Å². The van der Waals surface area contributed by atoms with Crippen LogP contribution in [0, 0.1) is 0 Å². The van der Waals surface area contributed by atoms with Gasteiger partial charge in [0, 0.05) is 75.1 Å². The van der Waals surface area contributed by atoms with Crippen LogP contribution in [0.25, 0.3) is 10.8 Å². The van der Waals surface area contributed by atoms with Crippen molar-refractivity contribution in [2.45, 2.75) is 31.8 Å². The van der Waals surface area contributed by atoms with Crippen molar-refractivity contribution in [1.29, 1.82) is 0 Å². The van der Waals surface area contributed by atoms with E-state index in [2.05, 4.69) is 32.1 Å². The van der Waals surface area contributed by atoms with E-state index in [1.165, 1.54) is 12.0 Å². The number of anilines is 2. The Bertz CT molecular complexity index is 1260. The summed E-state index contributed by atoms with van der Waals surface area (Å²) in [5, 5.41) is 16.1. The maximum Gasteiger partial charge on any atom is 0.318 e. The first kappa shape index (κ1) is 25.2. The van der Waals surface area contributed by atoms with Crippen LogP contribution in [0.1, 0.15) is 24.1 Å². The monoisotopic (exact) mass is 518 g/mol. The summed E-state index contributed by atoms with van der Waals surface area (Å²) < 4.78 is 11.6. The predicted molar refractivity (Wildman–Crippen MR) is 149 cm³/mol. The average Bonchev–Trinajstić information content (AvgIpc) is 3.41. The molecule has 2 fully saturated rings. The fourth-order valence-corrected chi connectivity index (χ4v) is 6.09. The van der Waals surface area contributed by atoms with Gasteiger partial charge in [0.1, 0.15) is 18.2 Å². The Balaban J connectivity index is 1.29. The van der Waals surface area contributed by atoms with E-state index in [0.717, 1.165) is 93.2 Å². The number of fused-ring (bicyclic) bond motifs is 2. The number of ether oxygens (including phenoxy) is 2. The molecule has 202 valence electrons. The smallest absolute Gasteiger partial charge is 0.318 e. The molecule has 2 aromatic carbocycles. The van der Waals surface area contributed by atoms with Crippen molar-refractivity contribution in [2.24, 2.45) is 0 Å². The van der Waals surface area contributed by atoms with Crippen LogP contribution >= 0.6 is 0 Å². The van der Waals surface area contributed by atoms with Crippen LogP contribution in [-0.4, -0.2) is 92.2 Å². The largest absolute Gasteiger partial charge is 0.508 e. The number of aromatic nitrogens is 2.